The maximum Gasteiger partial charge on any atom is 0.256 e. The fourth-order valence-corrected chi connectivity index (χ4v) is 4.49. The zero-order valence-corrected chi connectivity index (χ0v) is 12.3. The Morgan fingerprint density at radius 3 is 2.16 bits per heavy atom. The Labute approximate surface area is 115 Å². The van der Waals surface area contributed by atoms with Crippen LogP contribution in [0.1, 0.15) is 59.3 Å². The first-order valence-electron chi connectivity index (χ1n) is 7.89. The Kier molecular flexibility index (Phi) is 4.52. The predicted octanol–water partition coefficient (Wildman–Crippen LogP) is 5.47. The molecule has 0 radical (unpaired) electrons. The van der Waals surface area contributed by atoms with Gasteiger partial charge in [0.25, 0.3) is 5.92 Å². The molecule has 0 aromatic heterocycles. The molecule has 2 saturated carbocycles. The van der Waals surface area contributed by atoms with Crippen molar-refractivity contribution in [1.82, 2.24) is 0 Å². The van der Waals surface area contributed by atoms with E-state index in [4.69, 9.17) is 0 Å². The third-order valence-electron chi connectivity index (χ3n) is 5.65. The summed E-state index contributed by atoms with van der Waals surface area (Å²) in [5.41, 5.74) is 0. The van der Waals surface area contributed by atoms with E-state index in [1.54, 1.807) is 0 Å². The quantitative estimate of drug-likeness (QED) is 0.641. The summed E-state index contributed by atoms with van der Waals surface area (Å²) in [6, 6.07) is 0. The second-order valence-corrected chi connectivity index (χ2v) is 6.91. The van der Waals surface area contributed by atoms with E-state index in [0.29, 0.717) is 18.8 Å². The van der Waals surface area contributed by atoms with Crippen molar-refractivity contribution in [3.8, 4) is 0 Å². The Morgan fingerprint density at radius 1 is 1.16 bits per heavy atom. The molecule has 2 aliphatic rings. The summed E-state index contributed by atoms with van der Waals surface area (Å²) in [6.45, 7) is 5.43. The van der Waals surface area contributed by atoms with Crippen LogP contribution in [0.3, 0.4) is 0 Å². The monoisotopic (exact) mass is 276 g/mol. The van der Waals surface area contributed by atoms with Gasteiger partial charge >= 0.3 is 0 Å². The van der Waals surface area contributed by atoms with Crippen LogP contribution < -0.4 is 0 Å². The number of hydrogen-bond donors (Lipinski definition) is 0. The van der Waals surface area contributed by atoms with Crippen LogP contribution in [0.2, 0.25) is 0 Å². The van der Waals surface area contributed by atoms with Gasteiger partial charge in [-0.1, -0.05) is 33.1 Å². The van der Waals surface area contributed by atoms with Crippen LogP contribution in [0.15, 0.2) is 0 Å². The molecular formula is C16H27F3. The first kappa shape index (κ1) is 15.2. The third-order valence-corrected chi connectivity index (χ3v) is 5.65. The van der Waals surface area contributed by atoms with Crippen molar-refractivity contribution >= 4 is 0 Å². The maximum atomic E-state index is 14.6. The van der Waals surface area contributed by atoms with E-state index in [1.165, 1.54) is 6.92 Å². The first-order chi connectivity index (χ1) is 8.87. The van der Waals surface area contributed by atoms with E-state index in [0.717, 1.165) is 25.7 Å². The van der Waals surface area contributed by atoms with Gasteiger partial charge in [0, 0.05) is 5.92 Å². The van der Waals surface area contributed by atoms with Crippen LogP contribution in [-0.2, 0) is 0 Å². The van der Waals surface area contributed by atoms with Crippen molar-refractivity contribution in [2.24, 2.45) is 29.6 Å². The largest absolute Gasteiger partial charge is 0.256 e. The molecule has 4 unspecified atom stereocenters. The Hall–Kier alpha value is -0.210. The van der Waals surface area contributed by atoms with Crippen LogP contribution in [0.25, 0.3) is 0 Å². The first-order valence-corrected chi connectivity index (χ1v) is 7.89. The molecular weight excluding hydrogens is 249 g/mol. The summed E-state index contributed by atoms with van der Waals surface area (Å²) in [5, 5.41) is 0. The van der Waals surface area contributed by atoms with Gasteiger partial charge in [-0.3, -0.25) is 0 Å². The lowest BCUT2D eigenvalue weighted by molar-refractivity contribution is -0.120. The summed E-state index contributed by atoms with van der Waals surface area (Å²) in [7, 11) is 0. The number of rotatable bonds is 3. The molecule has 2 fully saturated rings. The standard InChI is InChI=1S/C16H27F3/c1-4-12-9-14(13-7-5-10(2)6-8-13)16(18,19)15(12)11(3)17/h10-15H,4-9H2,1-3H3. The van der Waals surface area contributed by atoms with Crippen molar-refractivity contribution in [2.45, 2.75) is 71.4 Å². The van der Waals surface area contributed by atoms with E-state index in [9.17, 15) is 13.2 Å². The van der Waals surface area contributed by atoms with Crippen molar-refractivity contribution in [1.29, 1.82) is 0 Å². The van der Waals surface area contributed by atoms with E-state index in [1.807, 2.05) is 6.92 Å². The molecule has 3 heteroatoms. The number of alkyl halides is 3. The lowest BCUT2D eigenvalue weighted by atomic mass is 9.74. The predicted molar refractivity (Wildman–Crippen MR) is 72.0 cm³/mol. The van der Waals surface area contributed by atoms with Crippen molar-refractivity contribution in [2.75, 3.05) is 0 Å². The van der Waals surface area contributed by atoms with Gasteiger partial charge in [-0.15, -0.1) is 0 Å². The van der Waals surface area contributed by atoms with Gasteiger partial charge in [-0.2, -0.15) is 0 Å². The van der Waals surface area contributed by atoms with Crippen LogP contribution in [0.5, 0.6) is 0 Å². The second-order valence-electron chi connectivity index (χ2n) is 6.91. The minimum Gasteiger partial charge on any atom is -0.247 e. The maximum absolute atomic E-state index is 14.6. The van der Waals surface area contributed by atoms with E-state index in [-0.39, 0.29) is 11.8 Å². The molecule has 2 aliphatic carbocycles. The van der Waals surface area contributed by atoms with Gasteiger partial charge in [0.2, 0.25) is 0 Å². The summed E-state index contributed by atoms with van der Waals surface area (Å²) in [5.74, 6) is -3.79. The van der Waals surface area contributed by atoms with Gasteiger partial charge in [0.05, 0.1) is 5.92 Å². The normalized spacial score (nSPS) is 44.2. The summed E-state index contributed by atoms with van der Waals surface area (Å²) in [4.78, 5) is 0. The highest BCUT2D eigenvalue weighted by Gasteiger charge is 2.60. The summed E-state index contributed by atoms with van der Waals surface area (Å²) in [6.07, 6.45) is 3.74. The lowest BCUT2D eigenvalue weighted by Gasteiger charge is -2.35. The molecule has 112 valence electrons. The van der Waals surface area contributed by atoms with Crippen molar-refractivity contribution in [3.63, 3.8) is 0 Å². The topological polar surface area (TPSA) is 0 Å². The van der Waals surface area contributed by atoms with Crippen LogP contribution in [0, 0.1) is 29.6 Å². The van der Waals surface area contributed by atoms with Crippen molar-refractivity contribution < 1.29 is 13.2 Å². The molecule has 0 bridgehead atoms. The van der Waals surface area contributed by atoms with Gasteiger partial charge in [0.15, 0.2) is 0 Å². The molecule has 0 spiro atoms. The van der Waals surface area contributed by atoms with Crippen LogP contribution in [0.4, 0.5) is 13.2 Å². The molecule has 0 nitrogen and oxygen atoms in total. The SMILES string of the molecule is CCC1CC(C2CCC(C)CC2)C(F)(F)C1C(C)F. The molecule has 0 aromatic carbocycles. The molecule has 0 aliphatic heterocycles. The summed E-state index contributed by atoms with van der Waals surface area (Å²) < 4.78 is 42.9. The van der Waals surface area contributed by atoms with Crippen molar-refractivity contribution in [3.05, 3.63) is 0 Å². The van der Waals surface area contributed by atoms with Gasteiger partial charge in [-0.25, -0.2) is 13.2 Å². The Balaban J connectivity index is 2.13. The highest BCUT2D eigenvalue weighted by molar-refractivity contribution is 5.01. The highest BCUT2D eigenvalue weighted by Crippen LogP contribution is 2.56. The molecule has 19 heavy (non-hydrogen) atoms. The van der Waals surface area contributed by atoms with Crippen LogP contribution >= 0.6 is 0 Å². The fraction of sp³-hybridized carbons (Fsp3) is 1.00. The molecule has 4 atom stereocenters. The Bertz CT molecular complexity index is 292. The highest BCUT2D eigenvalue weighted by atomic mass is 19.3. The van der Waals surface area contributed by atoms with E-state index >= 15 is 0 Å². The van der Waals surface area contributed by atoms with Gasteiger partial charge in [0.1, 0.15) is 6.17 Å². The molecule has 0 amide bonds. The van der Waals surface area contributed by atoms with Gasteiger partial charge in [-0.05, 0) is 43.9 Å². The zero-order chi connectivity index (χ0) is 14.2. The minimum atomic E-state index is -2.81. The minimum absolute atomic E-state index is 0.115. The zero-order valence-electron chi connectivity index (χ0n) is 12.3. The number of hydrogen-bond acceptors (Lipinski definition) is 0. The molecule has 0 N–H and O–H groups in total. The Morgan fingerprint density at radius 2 is 1.74 bits per heavy atom. The average Bonchev–Trinajstić information content (AvgIpc) is 2.61. The molecule has 0 heterocycles. The van der Waals surface area contributed by atoms with E-state index < -0.39 is 23.9 Å². The third kappa shape index (κ3) is 2.80. The lowest BCUT2D eigenvalue weighted by Crippen LogP contribution is -2.39. The fourth-order valence-electron chi connectivity index (χ4n) is 4.49. The molecule has 0 saturated heterocycles. The molecule has 2 rings (SSSR count). The summed E-state index contributed by atoms with van der Waals surface area (Å²) >= 11 is 0. The second kappa shape index (κ2) is 5.65. The smallest absolute Gasteiger partial charge is 0.247 e. The molecule has 0 aromatic rings. The average molecular weight is 276 g/mol. The number of halogens is 3. The van der Waals surface area contributed by atoms with Gasteiger partial charge < -0.3 is 0 Å². The van der Waals surface area contributed by atoms with E-state index in [2.05, 4.69) is 6.92 Å². The van der Waals surface area contributed by atoms with Crippen LogP contribution in [-0.4, -0.2) is 12.1 Å².